The SMILES string of the molecule is CN1NC(c2cc(F)ccc2O)=NC1c1cnccc1C(F)(F)F. The topological polar surface area (TPSA) is 60.8 Å². The van der Waals surface area contributed by atoms with Gasteiger partial charge in [0.25, 0.3) is 0 Å². The number of alkyl halides is 3. The quantitative estimate of drug-likeness (QED) is 0.826. The normalized spacial score (nSPS) is 18.4. The lowest BCUT2D eigenvalue weighted by molar-refractivity contribution is -0.138. The Bertz CT molecular complexity index is 806. The van der Waals surface area contributed by atoms with Gasteiger partial charge in [0, 0.05) is 25.0 Å². The average Bonchev–Trinajstić information content (AvgIpc) is 2.90. The molecule has 0 amide bonds. The van der Waals surface area contributed by atoms with E-state index in [2.05, 4.69) is 15.4 Å². The minimum atomic E-state index is -4.56. The molecule has 9 heteroatoms. The van der Waals surface area contributed by atoms with Gasteiger partial charge in [-0.2, -0.15) is 18.2 Å². The Kier molecular flexibility index (Phi) is 3.88. The predicted octanol–water partition coefficient (Wildman–Crippen LogP) is 2.84. The van der Waals surface area contributed by atoms with Gasteiger partial charge in [-0.15, -0.1) is 0 Å². The number of phenols is 1. The number of phenolic OH excluding ortho intramolecular Hbond substituents is 1. The summed E-state index contributed by atoms with van der Waals surface area (Å²) in [6.45, 7) is 0. The maximum atomic E-state index is 13.4. The van der Waals surface area contributed by atoms with Crippen molar-refractivity contribution in [2.24, 2.45) is 4.99 Å². The number of pyridine rings is 1. The number of rotatable bonds is 2. The molecule has 1 aromatic carbocycles. The number of hydrogen-bond donors (Lipinski definition) is 2. The van der Waals surface area contributed by atoms with Crippen LogP contribution in [0, 0.1) is 5.82 Å². The maximum absolute atomic E-state index is 13.4. The molecule has 1 aromatic heterocycles. The second-order valence-corrected chi connectivity index (χ2v) is 5.20. The van der Waals surface area contributed by atoms with Crippen molar-refractivity contribution in [3.05, 3.63) is 59.2 Å². The molecule has 0 saturated carbocycles. The monoisotopic (exact) mass is 340 g/mol. The van der Waals surface area contributed by atoms with Crippen LogP contribution in [0.3, 0.4) is 0 Å². The van der Waals surface area contributed by atoms with Gasteiger partial charge in [0.15, 0.2) is 0 Å². The Hall–Kier alpha value is -2.68. The number of aromatic nitrogens is 1. The standard InChI is InChI=1S/C15H12F4N4O/c1-23-14(10-7-20-5-4-11(10)15(17,18)19)21-13(22-23)9-6-8(16)2-3-12(9)24/h2-7,14,24H,1H3,(H,21,22). The van der Waals surface area contributed by atoms with Crippen LogP contribution in [-0.2, 0) is 6.18 Å². The Labute approximate surface area is 134 Å². The Morgan fingerprint density at radius 1 is 1.25 bits per heavy atom. The van der Waals surface area contributed by atoms with E-state index in [0.29, 0.717) is 0 Å². The van der Waals surface area contributed by atoms with Crippen molar-refractivity contribution in [3.8, 4) is 5.75 Å². The number of nitrogens with zero attached hydrogens (tertiary/aromatic N) is 3. The largest absolute Gasteiger partial charge is 0.507 e. The van der Waals surface area contributed by atoms with Crippen LogP contribution in [0.25, 0.3) is 0 Å². The van der Waals surface area contributed by atoms with E-state index in [-0.39, 0.29) is 22.7 Å². The summed E-state index contributed by atoms with van der Waals surface area (Å²) in [6.07, 6.45) is -3.44. The van der Waals surface area contributed by atoms with Crippen LogP contribution in [0.15, 0.2) is 41.7 Å². The van der Waals surface area contributed by atoms with Crippen molar-refractivity contribution in [3.63, 3.8) is 0 Å². The maximum Gasteiger partial charge on any atom is 0.416 e. The summed E-state index contributed by atoms with van der Waals surface area (Å²) in [5.74, 6) is -0.772. The molecular weight excluding hydrogens is 328 g/mol. The highest BCUT2D eigenvalue weighted by Crippen LogP contribution is 2.37. The first kappa shape index (κ1) is 16.2. The highest BCUT2D eigenvalue weighted by atomic mass is 19.4. The zero-order valence-electron chi connectivity index (χ0n) is 12.3. The summed E-state index contributed by atoms with van der Waals surface area (Å²) in [6, 6.07) is 4.13. The lowest BCUT2D eigenvalue weighted by atomic mass is 10.1. The molecule has 0 radical (unpaired) electrons. The van der Waals surface area contributed by atoms with Crippen LogP contribution in [-0.4, -0.2) is 28.0 Å². The van der Waals surface area contributed by atoms with Crippen molar-refractivity contribution in [1.29, 1.82) is 0 Å². The third-order valence-corrected chi connectivity index (χ3v) is 3.55. The lowest BCUT2D eigenvalue weighted by Crippen LogP contribution is -2.35. The number of hydrogen-bond acceptors (Lipinski definition) is 5. The molecule has 0 fully saturated rings. The molecule has 126 valence electrons. The summed E-state index contributed by atoms with van der Waals surface area (Å²) in [7, 11) is 1.49. The van der Waals surface area contributed by atoms with Crippen molar-refractivity contribution >= 4 is 5.84 Å². The van der Waals surface area contributed by atoms with Crippen LogP contribution in [0.5, 0.6) is 5.75 Å². The van der Waals surface area contributed by atoms with Gasteiger partial charge in [0.2, 0.25) is 0 Å². The molecule has 0 spiro atoms. The number of halogens is 4. The van der Waals surface area contributed by atoms with Gasteiger partial charge >= 0.3 is 6.18 Å². The highest BCUT2D eigenvalue weighted by molar-refractivity contribution is 6.01. The Morgan fingerprint density at radius 3 is 2.71 bits per heavy atom. The summed E-state index contributed by atoms with van der Waals surface area (Å²) < 4.78 is 52.9. The summed E-state index contributed by atoms with van der Waals surface area (Å²) in [4.78, 5) is 7.88. The van der Waals surface area contributed by atoms with Crippen molar-refractivity contribution in [2.45, 2.75) is 12.3 Å². The molecule has 1 atom stereocenters. The second kappa shape index (κ2) is 5.75. The molecular formula is C15H12F4N4O. The first-order chi connectivity index (χ1) is 11.3. The van der Waals surface area contributed by atoms with Gasteiger partial charge in [0.05, 0.1) is 11.1 Å². The lowest BCUT2D eigenvalue weighted by Gasteiger charge is -2.21. The average molecular weight is 340 g/mol. The van der Waals surface area contributed by atoms with Crippen molar-refractivity contribution in [1.82, 2.24) is 15.4 Å². The fourth-order valence-electron chi connectivity index (χ4n) is 2.44. The minimum absolute atomic E-state index is 0.0572. The molecule has 1 unspecified atom stereocenters. The summed E-state index contributed by atoms with van der Waals surface area (Å²) in [5, 5.41) is 11.1. The van der Waals surface area contributed by atoms with Crippen molar-refractivity contribution < 1.29 is 22.7 Å². The van der Waals surface area contributed by atoms with E-state index in [1.165, 1.54) is 12.1 Å². The molecule has 2 N–H and O–H groups in total. The van der Waals surface area contributed by atoms with Gasteiger partial charge in [-0.05, 0) is 24.3 Å². The fraction of sp³-hybridized carbons (Fsp3) is 0.200. The molecule has 3 rings (SSSR count). The summed E-state index contributed by atoms with van der Waals surface area (Å²) in [5.41, 5.74) is 1.78. The van der Waals surface area contributed by atoms with Crippen molar-refractivity contribution in [2.75, 3.05) is 7.05 Å². The highest BCUT2D eigenvalue weighted by Gasteiger charge is 2.38. The molecule has 2 aromatic rings. The molecule has 0 bridgehead atoms. The van der Waals surface area contributed by atoms with E-state index in [1.807, 2.05) is 0 Å². The van der Waals surface area contributed by atoms with E-state index in [0.717, 1.165) is 36.7 Å². The molecule has 24 heavy (non-hydrogen) atoms. The number of nitrogens with one attached hydrogen (secondary N) is 1. The predicted molar refractivity (Wildman–Crippen MR) is 77.5 cm³/mol. The first-order valence-corrected chi connectivity index (χ1v) is 6.84. The molecule has 1 aliphatic rings. The molecule has 0 aliphatic carbocycles. The van der Waals surface area contributed by atoms with E-state index in [1.54, 1.807) is 0 Å². The minimum Gasteiger partial charge on any atom is -0.507 e. The van der Waals surface area contributed by atoms with E-state index in [9.17, 15) is 22.7 Å². The van der Waals surface area contributed by atoms with Gasteiger partial charge in [0.1, 0.15) is 23.6 Å². The van der Waals surface area contributed by atoms with Crippen LogP contribution >= 0.6 is 0 Å². The molecule has 2 heterocycles. The van der Waals surface area contributed by atoms with Gasteiger partial charge < -0.3 is 10.5 Å². The zero-order chi connectivity index (χ0) is 17.5. The number of benzene rings is 1. The van der Waals surface area contributed by atoms with Crippen LogP contribution in [0.2, 0.25) is 0 Å². The van der Waals surface area contributed by atoms with Crippen LogP contribution in [0.1, 0.15) is 22.9 Å². The van der Waals surface area contributed by atoms with E-state index < -0.39 is 23.7 Å². The molecule has 5 nitrogen and oxygen atoms in total. The van der Waals surface area contributed by atoms with Crippen LogP contribution in [0.4, 0.5) is 17.6 Å². The zero-order valence-corrected chi connectivity index (χ0v) is 12.3. The Balaban J connectivity index is 2.05. The molecule has 1 aliphatic heterocycles. The third kappa shape index (κ3) is 2.90. The summed E-state index contributed by atoms with van der Waals surface area (Å²) >= 11 is 0. The fourth-order valence-corrected chi connectivity index (χ4v) is 2.44. The number of amidine groups is 1. The Morgan fingerprint density at radius 2 is 2.00 bits per heavy atom. The van der Waals surface area contributed by atoms with Crippen LogP contribution < -0.4 is 5.43 Å². The number of aliphatic imine (C=N–C) groups is 1. The first-order valence-electron chi connectivity index (χ1n) is 6.84. The number of aromatic hydroxyl groups is 1. The van der Waals surface area contributed by atoms with E-state index in [4.69, 9.17) is 0 Å². The smallest absolute Gasteiger partial charge is 0.416 e. The molecule has 0 saturated heterocycles. The number of hydrazine groups is 1. The van der Waals surface area contributed by atoms with E-state index >= 15 is 0 Å². The third-order valence-electron chi connectivity index (χ3n) is 3.55. The van der Waals surface area contributed by atoms with Gasteiger partial charge in [-0.25, -0.2) is 9.38 Å². The van der Waals surface area contributed by atoms with Gasteiger partial charge in [-0.1, -0.05) is 0 Å². The van der Waals surface area contributed by atoms with Gasteiger partial charge in [-0.3, -0.25) is 4.98 Å². The second-order valence-electron chi connectivity index (χ2n) is 5.20.